The van der Waals surface area contributed by atoms with Crippen LogP contribution in [0, 0.1) is 17.0 Å². The second kappa shape index (κ2) is 7.46. The molecule has 8 heteroatoms. The van der Waals surface area contributed by atoms with Crippen LogP contribution in [0.2, 0.25) is 0 Å². The van der Waals surface area contributed by atoms with Gasteiger partial charge in [0.15, 0.2) is 0 Å². The van der Waals surface area contributed by atoms with Gasteiger partial charge in [-0.05, 0) is 26.2 Å². The Bertz CT molecular complexity index is 484. The molecule has 0 atom stereocenters. The molecule has 0 aromatic carbocycles. The molecule has 0 aliphatic rings. The van der Waals surface area contributed by atoms with Crippen LogP contribution in [0.4, 0.5) is 11.5 Å². The van der Waals surface area contributed by atoms with Crippen LogP contribution >= 0.6 is 0 Å². The van der Waals surface area contributed by atoms with Gasteiger partial charge < -0.3 is 10.4 Å². The number of aliphatic carboxylic acids is 1. The molecule has 0 radical (unpaired) electrons. The fraction of sp³-hybridized carbons (Fsp3) is 0.667. The lowest BCUT2D eigenvalue weighted by atomic mass is 10.2. The van der Waals surface area contributed by atoms with Crippen molar-refractivity contribution in [3.05, 3.63) is 15.8 Å². The molecule has 0 aliphatic heterocycles. The van der Waals surface area contributed by atoms with Gasteiger partial charge in [-0.3, -0.25) is 14.9 Å². The Morgan fingerprint density at radius 2 is 2.20 bits per heavy atom. The second-order valence-electron chi connectivity index (χ2n) is 4.54. The highest BCUT2D eigenvalue weighted by molar-refractivity contribution is 5.66. The number of aromatic nitrogens is 2. The number of aryl methyl sites for hydroxylation is 2. The van der Waals surface area contributed by atoms with Crippen LogP contribution in [0.1, 0.15) is 38.3 Å². The molecule has 1 aromatic rings. The van der Waals surface area contributed by atoms with Crippen LogP contribution in [-0.2, 0) is 11.3 Å². The maximum atomic E-state index is 11.1. The van der Waals surface area contributed by atoms with E-state index < -0.39 is 10.9 Å². The number of carboxylic acid groups (broad SMARTS) is 1. The molecule has 1 aromatic heterocycles. The number of anilines is 1. The fourth-order valence-corrected chi connectivity index (χ4v) is 1.95. The Kier molecular flexibility index (Phi) is 5.95. The quantitative estimate of drug-likeness (QED) is 0.408. The van der Waals surface area contributed by atoms with Gasteiger partial charge in [-0.15, -0.1) is 0 Å². The van der Waals surface area contributed by atoms with Crippen LogP contribution in [0.15, 0.2) is 0 Å². The van der Waals surface area contributed by atoms with Crippen LogP contribution in [0.25, 0.3) is 0 Å². The van der Waals surface area contributed by atoms with E-state index >= 15 is 0 Å². The molecule has 0 spiro atoms. The highest BCUT2D eigenvalue weighted by atomic mass is 16.6. The third kappa shape index (κ3) is 4.22. The predicted molar refractivity (Wildman–Crippen MR) is 73.9 cm³/mol. The molecule has 0 unspecified atom stereocenters. The third-order valence-corrected chi connectivity index (χ3v) is 2.82. The lowest BCUT2D eigenvalue weighted by Crippen LogP contribution is -2.10. The molecule has 2 N–H and O–H groups in total. The van der Waals surface area contributed by atoms with E-state index in [0.717, 1.165) is 6.42 Å². The highest BCUT2D eigenvalue weighted by Crippen LogP contribution is 2.28. The Morgan fingerprint density at radius 1 is 1.50 bits per heavy atom. The van der Waals surface area contributed by atoms with E-state index in [2.05, 4.69) is 10.4 Å². The molecular formula is C12H20N4O4. The van der Waals surface area contributed by atoms with Crippen LogP contribution in [0.5, 0.6) is 0 Å². The summed E-state index contributed by atoms with van der Waals surface area (Å²) in [6.07, 6.45) is 2.11. The summed E-state index contributed by atoms with van der Waals surface area (Å²) in [4.78, 5) is 21.0. The summed E-state index contributed by atoms with van der Waals surface area (Å²) >= 11 is 0. The van der Waals surface area contributed by atoms with Crippen molar-refractivity contribution in [3.8, 4) is 0 Å². The van der Waals surface area contributed by atoms with Gasteiger partial charge in [0.2, 0.25) is 5.82 Å². The number of nitro groups is 1. The largest absolute Gasteiger partial charge is 0.481 e. The lowest BCUT2D eigenvalue weighted by Gasteiger charge is -2.08. The van der Waals surface area contributed by atoms with Crippen molar-refractivity contribution in [3.63, 3.8) is 0 Å². The predicted octanol–water partition coefficient (Wildman–Crippen LogP) is 2.18. The average Bonchev–Trinajstić information content (AvgIpc) is 2.65. The standard InChI is InChI=1S/C12H20N4O4/c1-3-8-15-12(11(16(19)20)9(2)14-15)13-7-5-4-6-10(17)18/h13H,3-8H2,1-2H3,(H,17,18). The Labute approximate surface area is 116 Å². The molecule has 0 saturated carbocycles. The van der Waals surface area contributed by atoms with Gasteiger partial charge in [-0.25, -0.2) is 4.68 Å². The van der Waals surface area contributed by atoms with E-state index in [0.29, 0.717) is 37.4 Å². The number of carboxylic acids is 1. The normalized spacial score (nSPS) is 10.5. The van der Waals surface area contributed by atoms with Crippen molar-refractivity contribution in [2.24, 2.45) is 0 Å². The smallest absolute Gasteiger partial charge is 0.333 e. The summed E-state index contributed by atoms with van der Waals surface area (Å²) in [5.41, 5.74) is 0.383. The van der Waals surface area contributed by atoms with Gasteiger partial charge in [0.25, 0.3) is 0 Å². The molecule has 1 heterocycles. The summed E-state index contributed by atoms with van der Waals surface area (Å²) in [5, 5.41) is 26.8. The Hall–Kier alpha value is -2.12. The minimum atomic E-state index is -0.831. The summed E-state index contributed by atoms with van der Waals surface area (Å²) in [7, 11) is 0. The van der Waals surface area contributed by atoms with E-state index in [1.165, 1.54) is 0 Å². The van der Waals surface area contributed by atoms with E-state index in [-0.39, 0.29) is 12.1 Å². The van der Waals surface area contributed by atoms with Crippen LogP contribution < -0.4 is 5.32 Å². The zero-order valence-corrected chi connectivity index (χ0v) is 11.8. The summed E-state index contributed by atoms with van der Waals surface area (Å²) in [6, 6.07) is 0. The Morgan fingerprint density at radius 3 is 2.75 bits per heavy atom. The van der Waals surface area contributed by atoms with Gasteiger partial charge >= 0.3 is 11.7 Å². The van der Waals surface area contributed by atoms with Crippen LogP contribution in [-0.4, -0.2) is 32.3 Å². The number of rotatable bonds is 9. The number of hydrogen-bond donors (Lipinski definition) is 2. The zero-order valence-electron chi connectivity index (χ0n) is 11.8. The molecule has 1 rings (SSSR count). The number of hydrogen-bond acceptors (Lipinski definition) is 5. The highest BCUT2D eigenvalue weighted by Gasteiger charge is 2.24. The van der Waals surface area contributed by atoms with E-state index in [1.54, 1.807) is 11.6 Å². The fourth-order valence-electron chi connectivity index (χ4n) is 1.95. The minimum absolute atomic E-state index is 0.00307. The molecule has 0 saturated heterocycles. The lowest BCUT2D eigenvalue weighted by molar-refractivity contribution is -0.384. The van der Waals surface area contributed by atoms with Gasteiger partial charge in [-0.1, -0.05) is 6.92 Å². The number of carbonyl (C=O) groups is 1. The zero-order chi connectivity index (χ0) is 15.1. The van der Waals surface area contributed by atoms with E-state index in [9.17, 15) is 14.9 Å². The van der Waals surface area contributed by atoms with Gasteiger partial charge in [0, 0.05) is 19.5 Å². The van der Waals surface area contributed by atoms with Crippen molar-refractivity contribution >= 4 is 17.5 Å². The molecule has 8 nitrogen and oxygen atoms in total. The first kappa shape index (κ1) is 15.9. The first-order valence-electron chi connectivity index (χ1n) is 6.64. The summed E-state index contributed by atoms with van der Waals surface area (Å²) in [5.74, 6) is -0.424. The Balaban J connectivity index is 2.70. The first-order chi connectivity index (χ1) is 9.47. The monoisotopic (exact) mass is 284 g/mol. The maximum Gasteiger partial charge on any atom is 0.333 e. The summed E-state index contributed by atoms with van der Waals surface area (Å²) in [6.45, 7) is 4.68. The molecular weight excluding hydrogens is 264 g/mol. The van der Waals surface area contributed by atoms with Gasteiger partial charge in [-0.2, -0.15) is 5.10 Å². The topological polar surface area (TPSA) is 110 Å². The maximum absolute atomic E-state index is 11.1. The van der Waals surface area contributed by atoms with Crippen LogP contribution in [0.3, 0.4) is 0 Å². The third-order valence-electron chi connectivity index (χ3n) is 2.82. The molecule has 0 aliphatic carbocycles. The minimum Gasteiger partial charge on any atom is -0.481 e. The second-order valence-corrected chi connectivity index (χ2v) is 4.54. The summed E-state index contributed by atoms with van der Waals surface area (Å²) < 4.78 is 1.60. The molecule has 0 fully saturated rings. The first-order valence-corrected chi connectivity index (χ1v) is 6.64. The van der Waals surface area contributed by atoms with Gasteiger partial charge in [0.05, 0.1) is 4.92 Å². The van der Waals surface area contributed by atoms with Gasteiger partial charge in [0.1, 0.15) is 5.69 Å². The molecule has 0 amide bonds. The van der Waals surface area contributed by atoms with Crippen molar-refractivity contribution in [2.45, 2.75) is 46.1 Å². The average molecular weight is 284 g/mol. The van der Waals surface area contributed by atoms with Crippen molar-refractivity contribution < 1.29 is 14.8 Å². The van der Waals surface area contributed by atoms with Crippen molar-refractivity contribution in [1.82, 2.24) is 9.78 Å². The molecule has 0 bridgehead atoms. The number of unbranched alkanes of at least 4 members (excludes halogenated alkanes) is 1. The molecule has 20 heavy (non-hydrogen) atoms. The van der Waals surface area contributed by atoms with E-state index in [4.69, 9.17) is 5.11 Å². The van der Waals surface area contributed by atoms with Crippen molar-refractivity contribution in [1.29, 1.82) is 0 Å². The number of nitrogens with zero attached hydrogens (tertiary/aromatic N) is 3. The number of nitrogens with one attached hydrogen (secondary N) is 1. The van der Waals surface area contributed by atoms with E-state index in [1.807, 2.05) is 6.92 Å². The van der Waals surface area contributed by atoms with Crippen molar-refractivity contribution in [2.75, 3.05) is 11.9 Å². The molecule has 112 valence electrons. The SMILES string of the molecule is CCCn1nc(C)c([N+](=O)[O-])c1NCCCCC(=O)O.